The molecule has 0 heterocycles. The molecule has 0 amide bonds. The lowest BCUT2D eigenvalue weighted by Crippen LogP contribution is -2.30. The number of carbonyl (C=O) groups excluding carboxylic acids is 3. The molecular formula is C73H126O6. The fraction of sp³-hybridized carbons (Fsp3) is 0.740. The first kappa shape index (κ1) is 75.3. The highest BCUT2D eigenvalue weighted by Gasteiger charge is 2.19. The molecular weight excluding hydrogens is 973 g/mol. The number of rotatable bonds is 61. The van der Waals surface area contributed by atoms with Crippen molar-refractivity contribution >= 4 is 17.9 Å². The van der Waals surface area contributed by atoms with Gasteiger partial charge in [-0.2, -0.15) is 0 Å². The Kier molecular flexibility index (Phi) is 63.7. The van der Waals surface area contributed by atoms with Crippen molar-refractivity contribution in [1.29, 1.82) is 0 Å². The number of ether oxygens (including phenoxy) is 3. The van der Waals surface area contributed by atoms with E-state index in [-0.39, 0.29) is 31.1 Å². The zero-order valence-corrected chi connectivity index (χ0v) is 52.1. The molecule has 79 heavy (non-hydrogen) atoms. The zero-order chi connectivity index (χ0) is 57.1. The van der Waals surface area contributed by atoms with Crippen molar-refractivity contribution in [3.63, 3.8) is 0 Å². The summed E-state index contributed by atoms with van der Waals surface area (Å²) in [4.78, 5) is 38.3. The van der Waals surface area contributed by atoms with Crippen LogP contribution in [0, 0.1) is 0 Å². The molecule has 1 atom stereocenters. The van der Waals surface area contributed by atoms with Crippen LogP contribution in [0.3, 0.4) is 0 Å². The van der Waals surface area contributed by atoms with E-state index >= 15 is 0 Å². The predicted molar refractivity (Wildman–Crippen MR) is 344 cm³/mol. The van der Waals surface area contributed by atoms with Crippen LogP contribution in [0.15, 0.2) is 97.2 Å². The molecule has 0 aliphatic rings. The summed E-state index contributed by atoms with van der Waals surface area (Å²) in [6, 6.07) is 0. The Labute approximate surface area is 489 Å². The van der Waals surface area contributed by atoms with Crippen molar-refractivity contribution in [3.8, 4) is 0 Å². The number of unbranched alkanes of at least 4 members (excludes halogenated alkanes) is 34. The zero-order valence-electron chi connectivity index (χ0n) is 52.1. The van der Waals surface area contributed by atoms with Crippen LogP contribution in [0.4, 0.5) is 0 Å². The molecule has 0 aliphatic heterocycles. The van der Waals surface area contributed by atoms with Crippen molar-refractivity contribution < 1.29 is 28.6 Å². The molecule has 1 unspecified atom stereocenters. The smallest absolute Gasteiger partial charge is 0.306 e. The maximum Gasteiger partial charge on any atom is 0.306 e. The van der Waals surface area contributed by atoms with Crippen LogP contribution in [-0.2, 0) is 28.6 Å². The maximum absolute atomic E-state index is 12.9. The molecule has 0 N–H and O–H groups in total. The normalized spacial score (nSPS) is 12.7. The Morgan fingerprint density at radius 2 is 0.494 bits per heavy atom. The van der Waals surface area contributed by atoms with Crippen molar-refractivity contribution in [3.05, 3.63) is 97.2 Å². The third kappa shape index (κ3) is 65.0. The molecule has 0 radical (unpaired) electrons. The number of carbonyl (C=O) groups is 3. The SMILES string of the molecule is CC/C=C\C/C=C\C/C=C\C/C=C\C/C=C\C/C=C\C/C=C\CCCCCC(=O)OCC(COC(=O)CCCCCCCCCCCCC)OC(=O)CCCCCCCCCCCCCCC/C=C\CCCCCCCCCC. The van der Waals surface area contributed by atoms with E-state index < -0.39 is 6.10 Å². The summed E-state index contributed by atoms with van der Waals surface area (Å²) in [5, 5.41) is 0. The summed E-state index contributed by atoms with van der Waals surface area (Å²) in [7, 11) is 0. The first-order chi connectivity index (χ1) is 39.0. The van der Waals surface area contributed by atoms with Gasteiger partial charge in [0.25, 0.3) is 0 Å². The molecule has 0 fully saturated rings. The van der Waals surface area contributed by atoms with Crippen molar-refractivity contribution in [1.82, 2.24) is 0 Å². The standard InChI is InChI=1S/C73H126O6/c1-4-7-10-13-16-19-22-24-26-28-30-32-34-36-38-40-42-44-46-48-51-54-57-60-63-66-72(75)78-69-70(68-77-71(74)65-62-59-56-53-50-21-18-15-12-9-6-3)79-73(76)67-64-61-58-55-52-49-47-45-43-41-39-37-35-33-31-29-27-25-23-20-17-14-11-8-5-2/h7,10,16,19,24,26,29-32,36,38,42,44,48,51,70H,4-6,8-9,11-15,17-18,20-23,25,27-28,33-35,37,39-41,43,45-47,49-50,52-69H2,1-3H3/b10-7-,19-16-,26-24-,31-29-,32-30-,38-36-,44-42-,51-48-. The lowest BCUT2D eigenvalue weighted by atomic mass is 10.0. The van der Waals surface area contributed by atoms with Gasteiger partial charge in [0.05, 0.1) is 0 Å². The third-order valence-corrected chi connectivity index (χ3v) is 14.6. The predicted octanol–water partition coefficient (Wildman–Crippen LogP) is 23.2. The molecule has 6 nitrogen and oxygen atoms in total. The summed E-state index contributed by atoms with van der Waals surface area (Å²) in [5.41, 5.74) is 0. The number of hydrogen-bond acceptors (Lipinski definition) is 6. The van der Waals surface area contributed by atoms with E-state index in [2.05, 4.69) is 118 Å². The van der Waals surface area contributed by atoms with Gasteiger partial charge in [0, 0.05) is 19.3 Å². The first-order valence-electron chi connectivity index (χ1n) is 33.7. The average molecular weight is 1100 g/mol. The van der Waals surface area contributed by atoms with Crippen molar-refractivity contribution in [2.24, 2.45) is 0 Å². The number of allylic oxidation sites excluding steroid dienone is 16. The molecule has 0 bridgehead atoms. The van der Waals surface area contributed by atoms with Gasteiger partial charge in [-0.3, -0.25) is 14.4 Å². The molecule has 6 heteroatoms. The van der Waals surface area contributed by atoms with Gasteiger partial charge in [0.15, 0.2) is 6.10 Å². The fourth-order valence-corrected chi connectivity index (χ4v) is 9.54. The van der Waals surface area contributed by atoms with Gasteiger partial charge in [0.1, 0.15) is 13.2 Å². The molecule has 0 spiro atoms. The molecule has 0 aliphatic carbocycles. The highest BCUT2D eigenvalue weighted by molar-refractivity contribution is 5.71. The van der Waals surface area contributed by atoms with Crippen LogP contribution in [0.25, 0.3) is 0 Å². The summed E-state index contributed by atoms with van der Waals surface area (Å²) >= 11 is 0. The average Bonchev–Trinajstić information content (AvgIpc) is 3.45. The highest BCUT2D eigenvalue weighted by atomic mass is 16.6. The molecule has 0 aromatic heterocycles. The molecule has 0 aromatic carbocycles. The lowest BCUT2D eigenvalue weighted by molar-refractivity contribution is -0.167. The van der Waals surface area contributed by atoms with Crippen molar-refractivity contribution in [2.45, 2.75) is 335 Å². The van der Waals surface area contributed by atoms with Gasteiger partial charge in [0.2, 0.25) is 0 Å². The Hall–Kier alpha value is -3.67. The Balaban J connectivity index is 4.32. The Morgan fingerprint density at radius 1 is 0.266 bits per heavy atom. The second-order valence-corrected chi connectivity index (χ2v) is 22.4. The van der Waals surface area contributed by atoms with Gasteiger partial charge in [-0.15, -0.1) is 0 Å². The van der Waals surface area contributed by atoms with E-state index in [1.54, 1.807) is 0 Å². The first-order valence-corrected chi connectivity index (χ1v) is 33.7. The summed E-state index contributed by atoms with van der Waals surface area (Å²) in [5.74, 6) is -0.908. The topological polar surface area (TPSA) is 78.9 Å². The molecule has 0 aromatic rings. The Morgan fingerprint density at radius 3 is 0.797 bits per heavy atom. The Bertz CT molecular complexity index is 1540. The highest BCUT2D eigenvalue weighted by Crippen LogP contribution is 2.17. The van der Waals surface area contributed by atoms with E-state index in [0.29, 0.717) is 19.3 Å². The second kappa shape index (κ2) is 66.8. The van der Waals surface area contributed by atoms with Crippen LogP contribution >= 0.6 is 0 Å². The summed E-state index contributed by atoms with van der Waals surface area (Å²) in [6.07, 6.45) is 90.0. The van der Waals surface area contributed by atoms with Gasteiger partial charge < -0.3 is 14.2 Å². The van der Waals surface area contributed by atoms with Crippen LogP contribution in [0.5, 0.6) is 0 Å². The minimum Gasteiger partial charge on any atom is -0.462 e. The second-order valence-electron chi connectivity index (χ2n) is 22.4. The quantitative estimate of drug-likeness (QED) is 0.0261. The van der Waals surface area contributed by atoms with Crippen LogP contribution in [0.2, 0.25) is 0 Å². The van der Waals surface area contributed by atoms with Crippen molar-refractivity contribution in [2.75, 3.05) is 13.2 Å². The molecule has 454 valence electrons. The lowest BCUT2D eigenvalue weighted by Gasteiger charge is -2.18. The fourth-order valence-electron chi connectivity index (χ4n) is 9.54. The minimum atomic E-state index is -0.791. The van der Waals surface area contributed by atoms with Gasteiger partial charge in [-0.1, -0.05) is 304 Å². The van der Waals surface area contributed by atoms with Crippen LogP contribution in [0.1, 0.15) is 329 Å². The minimum absolute atomic E-state index is 0.0855. The van der Waals surface area contributed by atoms with Gasteiger partial charge in [-0.25, -0.2) is 0 Å². The number of hydrogen-bond donors (Lipinski definition) is 0. The van der Waals surface area contributed by atoms with E-state index in [1.165, 1.54) is 180 Å². The van der Waals surface area contributed by atoms with E-state index in [0.717, 1.165) is 109 Å². The van der Waals surface area contributed by atoms with Gasteiger partial charge in [-0.05, 0) is 103 Å². The molecule has 0 saturated heterocycles. The van der Waals surface area contributed by atoms with E-state index in [1.807, 2.05) is 0 Å². The largest absolute Gasteiger partial charge is 0.462 e. The van der Waals surface area contributed by atoms with Crippen LogP contribution in [-0.4, -0.2) is 37.2 Å². The van der Waals surface area contributed by atoms with Crippen LogP contribution < -0.4 is 0 Å². The maximum atomic E-state index is 12.9. The summed E-state index contributed by atoms with van der Waals surface area (Å²) < 4.78 is 16.9. The van der Waals surface area contributed by atoms with Gasteiger partial charge >= 0.3 is 17.9 Å². The third-order valence-electron chi connectivity index (χ3n) is 14.6. The number of esters is 3. The molecule has 0 saturated carbocycles. The summed E-state index contributed by atoms with van der Waals surface area (Å²) in [6.45, 7) is 6.52. The van der Waals surface area contributed by atoms with E-state index in [4.69, 9.17) is 14.2 Å². The monoisotopic (exact) mass is 1100 g/mol. The molecule has 0 rings (SSSR count). The van der Waals surface area contributed by atoms with E-state index in [9.17, 15) is 14.4 Å².